The van der Waals surface area contributed by atoms with Crippen molar-refractivity contribution in [3.63, 3.8) is 0 Å². The predicted molar refractivity (Wildman–Crippen MR) is 237 cm³/mol. The van der Waals surface area contributed by atoms with Gasteiger partial charge in [-0.1, -0.05) is 146 Å². The molecular weight excluding hydrogens is 681 g/mol. The highest BCUT2D eigenvalue weighted by Crippen LogP contribution is 2.48. The van der Waals surface area contributed by atoms with E-state index in [0.717, 1.165) is 57.1 Å². The Balaban J connectivity index is 1.06. The fourth-order valence-corrected chi connectivity index (χ4v) is 10.1. The molecule has 0 amide bonds. The van der Waals surface area contributed by atoms with Crippen LogP contribution in [0.1, 0.15) is 17.5 Å². The summed E-state index contributed by atoms with van der Waals surface area (Å²) in [7, 11) is 0. The van der Waals surface area contributed by atoms with E-state index in [9.17, 15) is 0 Å². The number of aryl methyl sites for hydroxylation is 1. The smallest absolute Gasteiger partial charge is 0.143 e. The predicted octanol–water partition coefficient (Wildman–Crippen LogP) is 15.5. The summed E-state index contributed by atoms with van der Waals surface area (Å²) in [4.78, 5) is 0. The number of furan rings is 2. The van der Waals surface area contributed by atoms with Crippen LogP contribution in [-0.2, 0) is 6.42 Å². The molecule has 0 saturated carbocycles. The lowest BCUT2D eigenvalue weighted by Crippen LogP contribution is -1.96. The summed E-state index contributed by atoms with van der Waals surface area (Å²) in [5.74, 6) is 0. The molecule has 260 valence electrons. The minimum absolute atomic E-state index is 0.899. The molecular formula is C54H32O2. The van der Waals surface area contributed by atoms with E-state index in [2.05, 4.69) is 170 Å². The van der Waals surface area contributed by atoms with Crippen LogP contribution in [-0.4, -0.2) is 0 Å². The average molecular weight is 713 g/mol. The van der Waals surface area contributed by atoms with Crippen LogP contribution in [0.5, 0.6) is 0 Å². The van der Waals surface area contributed by atoms with Gasteiger partial charge in [-0.15, -0.1) is 0 Å². The van der Waals surface area contributed by atoms with Gasteiger partial charge in [0.2, 0.25) is 0 Å². The summed E-state index contributed by atoms with van der Waals surface area (Å²) in [6.07, 6.45) is 6.73. The van der Waals surface area contributed by atoms with Crippen LogP contribution in [0.4, 0.5) is 0 Å². The van der Waals surface area contributed by atoms with Crippen LogP contribution in [0.15, 0.2) is 173 Å². The van der Waals surface area contributed by atoms with Crippen LogP contribution in [0, 0.1) is 0 Å². The molecule has 0 aliphatic heterocycles. The third-order valence-corrected chi connectivity index (χ3v) is 12.5. The highest BCUT2D eigenvalue weighted by molar-refractivity contribution is 6.31. The molecule has 1 aliphatic rings. The molecule has 2 heteroatoms. The monoisotopic (exact) mass is 712 g/mol. The van der Waals surface area contributed by atoms with Crippen molar-refractivity contribution in [2.45, 2.75) is 12.8 Å². The van der Waals surface area contributed by atoms with Crippen molar-refractivity contribution < 1.29 is 8.83 Å². The summed E-state index contributed by atoms with van der Waals surface area (Å²) >= 11 is 0. The maximum Gasteiger partial charge on any atom is 0.143 e. The van der Waals surface area contributed by atoms with Gasteiger partial charge in [-0.3, -0.25) is 0 Å². The fourth-order valence-electron chi connectivity index (χ4n) is 10.1. The normalized spacial score (nSPS) is 13.1. The maximum absolute atomic E-state index is 6.89. The number of hydrogen-bond donors (Lipinski definition) is 0. The highest BCUT2D eigenvalue weighted by Gasteiger charge is 2.23. The van der Waals surface area contributed by atoms with Crippen molar-refractivity contribution in [3.05, 3.63) is 175 Å². The molecule has 0 spiro atoms. The second-order valence-corrected chi connectivity index (χ2v) is 15.3. The summed E-state index contributed by atoms with van der Waals surface area (Å²) in [5.41, 5.74) is 11.2. The standard InChI is InChI=1S/C54H32O2/c1-5-17-37-33(13-1)35-15-3-11-23-43(35)53-51(37)45-27-25-31(29-47(45)55-53)49-39-19-7-9-21-41(39)50(42-22-10-8-20-40(42)49)32-26-28-46-48(30-32)56-54-44-24-12-4-16-36(44)34-14-2-6-18-38(34)52(46)54/h1,3-13,15-30H,2,14H2. The van der Waals surface area contributed by atoms with Crippen molar-refractivity contribution in [1.82, 2.24) is 0 Å². The fraction of sp³-hybridized carbons (Fsp3) is 0.0370. The molecule has 0 atom stereocenters. The van der Waals surface area contributed by atoms with E-state index in [1.165, 1.54) is 86.9 Å². The van der Waals surface area contributed by atoms with Gasteiger partial charge in [0.15, 0.2) is 0 Å². The van der Waals surface area contributed by atoms with Crippen LogP contribution < -0.4 is 0 Å². The van der Waals surface area contributed by atoms with E-state index in [1.807, 2.05) is 0 Å². The van der Waals surface area contributed by atoms with E-state index < -0.39 is 0 Å². The maximum atomic E-state index is 6.89. The van der Waals surface area contributed by atoms with Crippen molar-refractivity contribution in [3.8, 4) is 22.3 Å². The Morgan fingerprint density at radius 3 is 1.36 bits per heavy atom. The summed E-state index contributed by atoms with van der Waals surface area (Å²) in [6, 6.07) is 57.4. The first kappa shape index (κ1) is 30.2. The average Bonchev–Trinajstić information content (AvgIpc) is 3.85. The molecule has 0 fully saturated rings. The van der Waals surface area contributed by atoms with Crippen molar-refractivity contribution in [2.24, 2.45) is 0 Å². The van der Waals surface area contributed by atoms with Crippen LogP contribution in [0.25, 0.3) is 126 Å². The molecule has 12 aromatic rings. The van der Waals surface area contributed by atoms with Gasteiger partial charge in [-0.2, -0.15) is 0 Å². The van der Waals surface area contributed by atoms with E-state index in [-0.39, 0.29) is 0 Å². The Hall–Kier alpha value is -7.16. The highest BCUT2D eigenvalue weighted by atomic mass is 16.3. The topological polar surface area (TPSA) is 26.3 Å². The minimum atomic E-state index is 0.899. The third kappa shape index (κ3) is 4.00. The number of allylic oxidation sites excluding steroid dienone is 1. The zero-order chi connectivity index (χ0) is 36.5. The second kappa shape index (κ2) is 11.2. The molecule has 0 N–H and O–H groups in total. The number of hydrogen-bond acceptors (Lipinski definition) is 2. The van der Waals surface area contributed by atoms with E-state index in [4.69, 9.17) is 8.83 Å². The lowest BCUT2D eigenvalue weighted by atomic mass is 9.85. The third-order valence-electron chi connectivity index (χ3n) is 12.5. The SMILES string of the molecule is C1=Cc2c(c3ccccc3c3oc4cc(-c5c6ccccc6c(-c6ccc7c(c6)oc6c8ccccc8c8ccccc8c76)c6ccccc56)ccc4c23)CC1. The summed E-state index contributed by atoms with van der Waals surface area (Å²) in [5, 5.41) is 16.9. The Labute approximate surface area is 321 Å². The van der Waals surface area contributed by atoms with Crippen LogP contribution in [0.3, 0.4) is 0 Å². The molecule has 1 aliphatic carbocycles. The second-order valence-electron chi connectivity index (χ2n) is 15.3. The van der Waals surface area contributed by atoms with Crippen molar-refractivity contribution in [2.75, 3.05) is 0 Å². The Morgan fingerprint density at radius 1 is 0.357 bits per heavy atom. The number of benzene rings is 10. The molecule has 10 aromatic carbocycles. The molecule has 0 bridgehead atoms. The molecule has 0 saturated heterocycles. The first-order valence-corrected chi connectivity index (χ1v) is 19.6. The molecule has 0 unspecified atom stereocenters. The van der Waals surface area contributed by atoms with E-state index in [1.54, 1.807) is 0 Å². The quantitative estimate of drug-likeness (QED) is 0.132. The van der Waals surface area contributed by atoms with E-state index in [0.29, 0.717) is 0 Å². The lowest BCUT2D eigenvalue weighted by molar-refractivity contribution is 0.672. The molecule has 0 radical (unpaired) electrons. The lowest BCUT2D eigenvalue weighted by Gasteiger charge is -2.17. The van der Waals surface area contributed by atoms with Gasteiger partial charge in [0.05, 0.1) is 0 Å². The molecule has 2 nitrogen and oxygen atoms in total. The molecule has 56 heavy (non-hydrogen) atoms. The van der Waals surface area contributed by atoms with Gasteiger partial charge in [0.1, 0.15) is 22.3 Å². The largest absolute Gasteiger partial charge is 0.455 e. The molecule has 2 heterocycles. The zero-order valence-electron chi connectivity index (χ0n) is 30.4. The van der Waals surface area contributed by atoms with Crippen LogP contribution >= 0.6 is 0 Å². The van der Waals surface area contributed by atoms with Gasteiger partial charge in [0.25, 0.3) is 0 Å². The van der Waals surface area contributed by atoms with Crippen LogP contribution in [0.2, 0.25) is 0 Å². The first-order chi connectivity index (χ1) is 27.8. The number of fused-ring (bicyclic) bond motifs is 18. The minimum Gasteiger partial charge on any atom is -0.455 e. The van der Waals surface area contributed by atoms with Gasteiger partial charge >= 0.3 is 0 Å². The Bertz CT molecular complexity index is 3650. The number of rotatable bonds is 2. The van der Waals surface area contributed by atoms with Gasteiger partial charge in [-0.05, 0) is 114 Å². The van der Waals surface area contributed by atoms with Crippen molar-refractivity contribution in [1.29, 1.82) is 0 Å². The van der Waals surface area contributed by atoms with Gasteiger partial charge < -0.3 is 8.83 Å². The van der Waals surface area contributed by atoms with Crippen molar-refractivity contribution >= 4 is 104 Å². The van der Waals surface area contributed by atoms with Gasteiger partial charge in [-0.25, -0.2) is 0 Å². The Morgan fingerprint density at radius 2 is 0.786 bits per heavy atom. The zero-order valence-corrected chi connectivity index (χ0v) is 30.4. The summed E-state index contributed by atoms with van der Waals surface area (Å²) < 4.78 is 13.8. The van der Waals surface area contributed by atoms with E-state index >= 15 is 0 Å². The van der Waals surface area contributed by atoms with Gasteiger partial charge in [0, 0.05) is 32.3 Å². The Kier molecular flexibility index (Phi) is 6.04. The molecule has 2 aromatic heterocycles. The molecule has 13 rings (SSSR count). The summed E-state index contributed by atoms with van der Waals surface area (Å²) in [6.45, 7) is 0. The first-order valence-electron chi connectivity index (χ1n) is 19.6.